The topological polar surface area (TPSA) is 58.1 Å². The third-order valence-corrected chi connectivity index (χ3v) is 5.44. The number of para-hydroxylation sites is 1. The Morgan fingerprint density at radius 1 is 1.13 bits per heavy atom. The van der Waals surface area contributed by atoms with Crippen LogP contribution in [0.1, 0.15) is 52.7 Å². The first-order valence-corrected chi connectivity index (χ1v) is 10.3. The van der Waals surface area contributed by atoms with Gasteiger partial charge in [0.2, 0.25) is 0 Å². The number of rotatable bonds is 5. The summed E-state index contributed by atoms with van der Waals surface area (Å²) in [5.74, 6) is 0.206. The van der Waals surface area contributed by atoms with E-state index in [1.54, 1.807) is 6.20 Å². The van der Waals surface area contributed by atoms with Crippen LogP contribution < -0.4 is 5.32 Å². The molecule has 0 aliphatic carbocycles. The number of aryl methyl sites for hydroxylation is 1. The average Bonchev–Trinajstić information content (AvgIpc) is 2.76. The van der Waals surface area contributed by atoms with Crippen LogP contribution in [-0.4, -0.2) is 27.3 Å². The van der Waals surface area contributed by atoms with Gasteiger partial charge in [-0.25, -0.2) is 14.4 Å². The summed E-state index contributed by atoms with van der Waals surface area (Å²) in [6, 6.07) is 16.0. The number of amides is 1. The van der Waals surface area contributed by atoms with Crippen LogP contribution in [0.2, 0.25) is 0 Å². The highest BCUT2D eigenvalue weighted by Crippen LogP contribution is 2.33. The normalized spacial score (nSPS) is 16.9. The van der Waals surface area contributed by atoms with Gasteiger partial charge in [-0.15, -0.1) is 0 Å². The third-order valence-electron chi connectivity index (χ3n) is 5.44. The van der Waals surface area contributed by atoms with Crippen LogP contribution in [0.15, 0.2) is 60.8 Å². The molecule has 1 atom stereocenters. The second-order valence-electron chi connectivity index (χ2n) is 7.64. The monoisotopic (exact) mass is 404 g/mol. The molecule has 6 heteroatoms. The quantitative estimate of drug-likeness (QED) is 0.657. The first kappa shape index (κ1) is 20.2. The number of hydrogen-bond donors (Lipinski definition) is 1. The highest BCUT2D eigenvalue weighted by Gasteiger charge is 2.29. The maximum absolute atomic E-state index is 13.3. The fourth-order valence-electron chi connectivity index (χ4n) is 3.95. The minimum atomic E-state index is -0.236. The lowest BCUT2D eigenvalue weighted by atomic mass is 9.95. The molecule has 2 heterocycles. The molecule has 1 amide bonds. The van der Waals surface area contributed by atoms with Gasteiger partial charge in [0.25, 0.3) is 5.91 Å². The Morgan fingerprint density at radius 2 is 1.90 bits per heavy atom. The Balaban J connectivity index is 1.62. The van der Waals surface area contributed by atoms with E-state index in [9.17, 15) is 9.18 Å². The summed E-state index contributed by atoms with van der Waals surface area (Å²) in [7, 11) is 0. The number of benzene rings is 2. The van der Waals surface area contributed by atoms with E-state index in [4.69, 9.17) is 4.98 Å². The molecule has 4 rings (SSSR count). The summed E-state index contributed by atoms with van der Waals surface area (Å²) in [6.45, 7) is 3.44. The molecule has 1 aliphatic rings. The second-order valence-corrected chi connectivity index (χ2v) is 7.64. The molecule has 1 saturated heterocycles. The van der Waals surface area contributed by atoms with Crippen molar-refractivity contribution in [3.63, 3.8) is 0 Å². The maximum atomic E-state index is 13.3. The van der Waals surface area contributed by atoms with Crippen LogP contribution in [0.3, 0.4) is 0 Å². The Hall–Kier alpha value is -3.12. The molecule has 1 aliphatic heterocycles. The van der Waals surface area contributed by atoms with Crippen LogP contribution in [0.5, 0.6) is 0 Å². The molecular weight excluding hydrogens is 379 g/mol. The van der Waals surface area contributed by atoms with Crippen LogP contribution in [0.4, 0.5) is 10.1 Å². The van der Waals surface area contributed by atoms with E-state index < -0.39 is 0 Å². The Kier molecular flexibility index (Phi) is 6.14. The lowest BCUT2D eigenvalue weighted by Gasteiger charge is -2.36. The van der Waals surface area contributed by atoms with E-state index in [2.05, 4.69) is 15.2 Å². The number of aromatic nitrogens is 2. The van der Waals surface area contributed by atoms with E-state index in [0.29, 0.717) is 17.9 Å². The van der Waals surface area contributed by atoms with Gasteiger partial charge in [-0.3, -0.25) is 9.69 Å². The van der Waals surface area contributed by atoms with E-state index in [0.717, 1.165) is 42.8 Å². The highest BCUT2D eigenvalue weighted by atomic mass is 19.1. The van der Waals surface area contributed by atoms with E-state index in [-0.39, 0.29) is 17.8 Å². The molecule has 0 spiro atoms. The van der Waals surface area contributed by atoms with Gasteiger partial charge in [-0.05, 0) is 56.1 Å². The molecule has 1 aromatic heterocycles. The molecule has 0 unspecified atom stereocenters. The van der Waals surface area contributed by atoms with Crippen LogP contribution >= 0.6 is 0 Å². The van der Waals surface area contributed by atoms with Crippen molar-refractivity contribution in [2.24, 2.45) is 0 Å². The molecule has 2 aromatic carbocycles. The van der Waals surface area contributed by atoms with Crippen LogP contribution in [0, 0.1) is 12.7 Å². The molecular formula is C24H25FN4O. The summed E-state index contributed by atoms with van der Waals surface area (Å²) in [6.07, 6.45) is 4.71. The number of nitrogens with zero attached hydrogens (tertiary/aromatic N) is 3. The number of halogens is 1. The number of hydrogen-bond acceptors (Lipinski definition) is 4. The molecule has 0 bridgehead atoms. The average molecular weight is 404 g/mol. The summed E-state index contributed by atoms with van der Waals surface area (Å²) in [5.41, 5.74) is 3.04. The SMILES string of the molecule is Cc1ncc(C(=O)Nc2ccccc2)c([C@H]2CCCCN2Cc2ccc(F)cc2)n1. The first-order chi connectivity index (χ1) is 14.6. The number of anilines is 1. The number of carbonyl (C=O) groups excluding carboxylic acids is 1. The molecule has 1 fully saturated rings. The summed E-state index contributed by atoms with van der Waals surface area (Å²) in [5, 5.41) is 2.95. The number of piperidine rings is 1. The Labute approximate surface area is 176 Å². The van der Waals surface area contributed by atoms with Crippen molar-refractivity contribution >= 4 is 11.6 Å². The molecule has 1 N–H and O–H groups in total. The number of likely N-dealkylation sites (tertiary alicyclic amines) is 1. The molecule has 154 valence electrons. The largest absolute Gasteiger partial charge is 0.322 e. The van der Waals surface area contributed by atoms with Gasteiger partial charge in [0, 0.05) is 18.4 Å². The minimum absolute atomic E-state index is 0.0158. The summed E-state index contributed by atoms with van der Waals surface area (Å²) >= 11 is 0. The van der Waals surface area contributed by atoms with Gasteiger partial charge >= 0.3 is 0 Å². The molecule has 0 radical (unpaired) electrons. The number of nitrogens with one attached hydrogen (secondary N) is 1. The van der Waals surface area contributed by atoms with Crippen LogP contribution in [-0.2, 0) is 6.54 Å². The molecule has 3 aromatic rings. The highest BCUT2D eigenvalue weighted by molar-refractivity contribution is 6.04. The van der Waals surface area contributed by atoms with Gasteiger partial charge in [0.15, 0.2) is 0 Å². The lowest BCUT2D eigenvalue weighted by Crippen LogP contribution is -2.35. The fourth-order valence-corrected chi connectivity index (χ4v) is 3.95. The van der Waals surface area contributed by atoms with Crippen molar-refractivity contribution in [2.75, 3.05) is 11.9 Å². The van der Waals surface area contributed by atoms with Gasteiger partial charge in [-0.1, -0.05) is 36.8 Å². The predicted molar refractivity (Wildman–Crippen MR) is 115 cm³/mol. The van der Waals surface area contributed by atoms with Crippen molar-refractivity contribution < 1.29 is 9.18 Å². The zero-order chi connectivity index (χ0) is 20.9. The van der Waals surface area contributed by atoms with Crippen molar-refractivity contribution in [1.29, 1.82) is 0 Å². The zero-order valence-corrected chi connectivity index (χ0v) is 17.0. The van der Waals surface area contributed by atoms with E-state index in [1.165, 1.54) is 12.1 Å². The lowest BCUT2D eigenvalue weighted by molar-refractivity contribution is 0.101. The fraction of sp³-hybridized carbons (Fsp3) is 0.292. The van der Waals surface area contributed by atoms with Crippen LogP contribution in [0.25, 0.3) is 0 Å². The van der Waals surface area contributed by atoms with Gasteiger partial charge in [0.1, 0.15) is 11.6 Å². The van der Waals surface area contributed by atoms with Crippen molar-refractivity contribution in [3.05, 3.63) is 89.3 Å². The van der Waals surface area contributed by atoms with Gasteiger partial charge < -0.3 is 5.32 Å². The summed E-state index contributed by atoms with van der Waals surface area (Å²) < 4.78 is 13.3. The molecule has 5 nitrogen and oxygen atoms in total. The standard InChI is InChI=1S/C24H25FN4O/c1-17-26-15-21(24(30)28-20-7-3-2-4-8-20)23(27-17)22-9-5-6-14-29(22)16-18-10-12-19(25)13-11-18/h2-4,7-8,10-13,15,22H,5-6,9,14,16H2,1H3,(H,28,30)/t22-/m1/s1. The van der Waals surface area contributed by atoms with Gasteiger partial charge in [-0.2, -0.15) is 0 Å². The van der Waals surface area contributed by atoms with Crippen molar-refractivity contribution in [2.45, 2.75) is 38.8 Å². The van der Waals surface area contributed by atoms with E-state index in [1.807, 2.05) is 49.4 Å². The molecule has 0 saturated carbocycles. The minimum Gasteiger partial charge on any atom is -0.322 e. The zero-order valence-electron chi connectivity index (χ0n) is 17.0. The Bertz CT molecular complexity index is 1010. The van der Waals surface area contributed by atoms with E-state index >= 15 is 0 Å². The third kappa shape index (κ3) is 4.71. The van der Waals surface area contributed by atoms with Crippen molar-refractivity contribution in [3.8, 4) is 0 Å². The van der Waals surface area contributed by atoms with Crippen molar-refractivity contribution in [1.82, 2.24) is 14.9 Å². The Morgan fingerprint density at radius 3 is 2.67 bits per heavy atom. The smallest absolute Gasteiger partial charge is 0.259 e. The summed E-state index contributed by atoms with van der Waals surface area (Å²) in [4.78, 5) is 24.3. The van der Waals surface area contributed by atoms with Gasteiger partial charge in [0.05, 0.1) is 17.3 Å². The molecule has 30 heavy (non-hydrogen) atoms. The second kappa shape index (κ2) is 9.13. The number of carbonyl (C=O) groups is 1. The predicted octanol–water partition coefficient (Wildman–Crippen LogP) is 4.90. The maximum Gasteiger partial charge on any atom is 0.259 e. The first-order valence-electron chi connectivity index (χ1n) is 10.3.